The van der Waals surface area contributed by atoms with Gasteiger partial charge in [-0.1, -0.05) is 18.6 Å². The molecule has 4 rings (SSSR count). The van der Waals surface area contributed by atoms with Gasteiger partial charge in [0.2, 0.25) is 5.91 Å². The Balaban J connectivity index is 1.43. The lowest BCUT2D eigenvalue weighted by Crippen LogP contribution is -2.62. The Kier molecular flexibility index (Phi) is 5.13. The molecule has 0 spiro atoms. The highest BCUT2D eigenvalue weighted by atomic mass is 16.5. The fourth-order valence-corrected chi connectivity index (χ4v) is 4.85. The first-order valence-electron chi connectivity index (χ1n) is 10.4. The fraction of sp³-hybridized carbons (Fsp3) is 0.591. The lowest BCUT2D eigenvalue weighted by Gasteiger charge is -2.48. The number of fused-ring (bicyclic) bond motifs is 3. The monoisotopic (exact) mass is 384 g/mol. The highest BCUT2D eigenvalue weighted by Crippen LogP contribution is 2.44. The second kappa shape index (κ2) is 7.57. The van der Waals surface area contributed by atoms with Gasteiger partial charge in [-0.3, -0.25) is 19.3 Å². The number of nitrogens with zero attached hydrogens (tertiary/aromatic N) is 2. The number of hydrogen-bond donors (Lipinski definition) is 0. The summed E-state index contributed by atoms with van der Waals surface area (Å²) < 4.78 is 5.59. The summed E-state index contributed by atoms with van der Waals surface area (Å²) in [6.07, 6.45) is 7.33. The van der Waals surface area contributed by atoms with E-state index in [0.29, 0.717) is 43.5 Å². The van der Waals surface area contributed by atoms with Crippen LogP contribution in [-0.4, -0.2) is 41.0 Å². The van der Waals surface area contributed by atoms with Crippen LogP contribution in [0.2, 0.25) is 0 Å². The van der Waals surface area contributed by atoms with Gasteiger partial charge in [0.25, 0.3) is 5.91 Å². The number of hydrogen-bond acceptors (Lipinski definition) is 4. The molecule has 6 heteroatoms. The largest absolute Gasteiger partial charge is 0.462 e. The summed E-state index contributed by atoms with van der Waals surface area (Å²) in [4.78, 5) is 41.4. The first kappa shape index (κ1) is 19.0. The lowest BCUT2D eigenvalue weighted by atomic mass is 9.97. The van der Waals surface area contributed by atoms with Crippen LogP contribution in [0.3, 0.4) is 0 Å². The minimum absolute atomic E-state index is 0.0455. The molecule has 1 saturated carbocycles. The minimum atomic E-state index is -0.657. The number of esters is 1. The normalized spacial score (nSPS) is 24.9. The minimum Gasteiger partial charge on any atom is -0.462 e. The maximum atomic E-state index is 13.1. The SMILES string of the molecule is CC12CCC(=O)N1c1ccccc1C(=O)N2CCCC(=O)OC1CCCCC1. The van der Waals surface area contributed by atoms with Gasteiger partial charge in [0.15, 0.2) is 0 Å². The Morgan fingerprint density at radius 3 is 2.71 bits per heavy atom. The summed E-state index contributed by atoms with van der Waals surface area (Å²) >= 11 is 0. The number of carbonyl (C=O) groups is 3. The summed E-state index contributed by atoms with van der Waals surface area (Å²) in [6.45, 7) is 2.39. The van der Waals surface area contributed by atoms with Crippen LogP contribution in [-0.2, 0) is 14.3 Å². The van der Waals surface area contributed by atoms with Crippen LogP contribution >= 0.6 is 0 Å². The summed E-state index contributed by atoms with van der Waals surface area (Å²) in [5, 5.41) is 0. The Morgan fingerprint density at radius 2 is 1.93 bits per heavy atom. The average molecular weight is 384 g/mol. The van der Waals surface area contributed by atoms with Crippen LogP contribution < -0.4 is 4.90 Å². The second-order valence-corrected chi connectivity index (χ2v) is 8.27. The van der Waals surface area contributed by atoms with E-state index < -0.39 is 5.66 Å². The quantitative estimate of drug-likeness (QED) is 0.727. The number of benzene rings is 1. The first-order valence-corrected chi connectivity index (χ1v) is 10.4. The van der Waals surface area contributed by atoms with Crippen molar-refractivity contribution >= 4 is 23.5 Å². The molecule has 2 heterocycles. The van der Waals surface area contributed by atoms with E-state index in [-0.39, 0.29) is 23.9 Å². The molecule has 0 radical (unpaired) electrons. The third kappa shape index (κ3) is 3.29. The van der Waals surface area contributed by atoms with Gasteiger partial charge in [-0.2, -0.15) is 0 Å². The van der Waals surface area contributed by atoms with Crippen molar-refractivity contribution in [1.29, 1.82) is 0 Å². The van der Waals surface area contributed by atoms with Crippen LogP contribution in [0.25, 0.3) is 0 Å². The van der Waals surface area contributed by atoms with Crippen LogP contribution in [0.4, 0.5) is 5.69 Å². The Bertz CT molecular complexity index is 786. The molecule has 0 N–H and O–H groups in total. The van der Waals surface area contributed by atoms with E-state index in [0.717, 1.165) is 25.7 Å². The van der Waals surface area contributed by atoms with Crippen molar-refractivity contribution in [2.45, 2.75) is 76.5 Å². The Labute approximate surface area is 165 Å². The predicted molar refractivity (Wildman–Crippen MR) is 105 cm³/mol. The highest BCUT2D eigenvalue weighted by molar-refractivity contribution is 6.10. The van der Waals surface area contributed by atoms with Crippen molar-refractivity contribution < 1.29 is 19.1 Å². The Morgan fingerprint density at radius 1 is 1.18 bits per heavy atom. The van der Waals surface area contributed by atoms with E-state index >= 15 is 0 Å². The zero-order valence-corrected chi connectivity index (χ0v) is 16.5. The van der Waals surface area contributed by atoms with Gasteiger partial charge < -0.3 is 9.64 Å². The number of ether oxygens (including phenoxy) is 1. The molecule has 2 aliphatic heterocycles. The molecular formula is C22H28N2O4. The van der Waals surface area contributed by atoms with Crippen LogP contribution in [0, 0.1) is 0 Å². The molecule has 1 saturated heterocycles. The van der Waals surface area contributed by atoms with Gasteiger partial charge in [0.1, 0.15) is 11.8 Å². The van der Waals surface area contributed by atoms with E-state index in [1.807, 2.05) is 25.1 Å². The lowest BCUT2D eigenvalue weighted by molar-refractivity contribution is -0.150. The van der Waals surface area contributed by atoms with E-state index in [1.54, 1.807) is 15.9 Å². The van der Waals surface area contributed by atoms with Crippen molar-refractivity contribution in [3.05, 3.63) is 29.8 Å². The molecule has 6 nitrogen and oxygen atoms in total. The molecule has 150 valence electrons. The fourth-order valence-electron chi connectivity index (χ4n) is 4.85. The summed E-state index contributed by atoms with van der Waals surface area (Å²) in [5.41, 5.74) is 0.598. The zero-order valence-electron chi connectivity index (χ0n) is 16.5. The number of para-hydroxylation sites is 1. The van der Waals surface area contributed by atoms with Gasteiger partial charge in [-0.25, -0.2) is 0 Å². The summed E-state index contributed by atoms with van der Waals surface area (Å²) in [7, 11) is 0. The molecular weight excluding hydrogens is 356 g/mol. The van der Waals surface area contributed by atoms with Gasteiger partial charge in [-0.15, -0.1) is 0 Å². The van der Waals surface area contributed by atoms with Crippen LogP contribution in [0.5, 0.6) is 0 Å². The molecule has 2 amide bonds. The van der Waals surface area contributed by atoms with Crippen molar-refractivity contribution in [1.82, 2.24) is 4.90 Å². The molecule has 28 heavy (non-hydrogen) atoms. The van der Waals surface area contributed by atoms with Gasteiger partial charge >= 0.3 is 5.97 Å². The van der Waals surface area contributed by atoms with E-state index in [1.165, 1.54) is 6.42 Å². The highest BCUT2D eigenvalue weighted by Gasteiger charge is 2.52. The van der Waals surface area contributed by atoms with Gasteiger partial charge in [0, 0.05) is 19.4 Å². The second-order valence-electron chi connectivity index (χ2n) is 8.27. The van der Waals surface area contributed by atoms with Gasteiger partial charge in [0.05, 0.1) is 11.3 Å². The Hall–Kier alpha value is -2.37. The van der Waals surface area contributed by atoms with E-state index in [4.69, 9.17) is 4.74 Å². The first-order chi connectivity index (χ1) is 13.5. The summed E-state index contributed by atoms with van der Waals surface area (Å²) in [6, 6.07) is 7.29. The third-order valence-corrected chi connectivity index (χ3v) is 6.36. The van der Waals surface area contributed by atoms with Gasteiger partial charge in [-0.05, 0) is 57.6 Å². The molecule has 1 aromatic carbocycles. The topological polar surface area (TPSA) is 66.9 Å². The molecule has 1 atom stereocenters. The molecule has 1 aromatic rings. The van der Waals surface area contributed by atoms with Crippen molar-refractivity contribution in [2.75, 3.05) is 11.4 Å². The smallest absolute Gasteiger partial charge is 0.306 e. The predicted octanol–water partition coefficient (Wildman–Crippen LogP) is 3.64. The standard InChI is InChI=1S/C22H28N2O4/c1-22-14-13-19(25)24(22)18-11-6-5-10-17(18)21(27)23(22)15-7-12-20(26)28-16-8-3-2-4-9-16/h5-6,10-11,16H,2-4,7-9,12-15H2,1H3. The molecule has 1 aliphatic carbocycles. The molecule has 2 fully saturated rings. The van der Waals surface area contributed by atoms with Crippen molar-refractivity contribution in [3.8, 4) is 0 Å². The zero-order chi connectivity index (χ0) is 19.7. The van der Waals surface area contributed by atoms with Crippen LogP contribution in [0.1, 0.15) is 75.1 Å². The number of anilines is 1. The van der Waals surface area contributed by atoms with Crippen LogP contribution in [0.15, 0.2) is 24.3 Å². The maximum Gasteiger partial charge on any atom is 0.306 e. The van der Waals surface area contributed by atoms with E-state index in [2.05, 4.69) is 0 Å². The number of carbonyl (C=O) groups excluding carboxylic acids is 3. The molecule has 3 aliphatic rings. The third-order valence-electron chi connectivity index (χ3n) is 6.36. The average Bonchev–Trinajstić information content (AvgIpc) is 3.01. The molecule has 1 unspecified atom stereocenters. The molecule has 0 aromatic heterocycles. The van der Waals surface area contributed by atoms with E-state index in [9.17, 15) is 14.4 Å². The maximum absolute atomic E-state index is 13.1. The van der Waals surface area contributed by atoms with Crippen molar-refractivity contribution in [2.24, 2.45) is 0 Å². The number of rotatable bonds is 5. The number of amides is 2. The van der Waals surface area contributed by atoms with Crippen molar-refractivity contribution in [3.63, 3.8) is 0 Å². The molecule has 0 bridgehead atoms. The summed E-state index contributed by atoms with van der Waals surface area (Å²) in [5.74, 6) is -0.199.